The van der Waals surface area contributed by atoms with E-state index in [1.165, 1.54) is 56.9 Å². The second kappa shape index (κ2) is 10.8. The van der Waals surface area contributed by atoms with E-state index in [4.69, 9.17) is 4.42 Å². The zero-order valence-electron chi connectivity index (χ0n) is 26.8. The molecule has 0 aliphatic rings. The number of thiophene rings is 2. The first-order valence-electron chi connectivity index (χ1n) is 16.8. The molecule has 3 heterocycles. The summed E-state index contributed by atoms with van der Waals surface area (Å²) >= 11 is 3.72. The SMILES string of the molecule is c1ccc2c(c1)ccc1c3cc(-c4ccc(N(c5ccc6c(c5)sc5ccccc56)c5ccc6c(c5)sc5ccccc56)cc4)ccc3oc21. The molecule has 8 aromatic carbocycles. The highest BCUT2D eigenvalue weighted by Crippen LogP contribution is 2.44. The van der Waals surface area contributed by atoms with Gasteiger partial charge in [0.1, 0.15) is 11.2 Å². The fraction of sp³-hybridized carbons (Fsp3) is 0. The minimum Gasteiger partial charge on any atom is -0.455 e. The van der Waals surface area contributed by atoms with Gasteiger partial charge in [-0.2, -0.15) is 0 Å². The van der Waals surface area contributed by atoms with Crippen LogP contribution in [0.4, 0.5) is 17.1 Å². The Morgan fingerprint density at radius 1 is 0.360 bits per heavy atom. The van der Waals surface area contributed by atoms with Gasteiger partial charge in [0.2, 0.25) is 0 Å². The van der Waals surface area contributed by atoms with Crippen molar-refractivity contribution in [1.29, 1.82) is 0 Å². The highest BCUT2D eigenvalue weighted by Gasteiger charge is 2.17. The highest BCUT2D eigenvalue weighted by atomic mass is 32.1. The first-order chi connectivity index (χ1) is 24.7. The molecule has 0 saturated carbocycles. The van der Waals surface area contributed by atoms with E-state index in [1.54, 1.807) is 0 Å². The van der Waals surface area contributed by atoms with E-state index < -0.39 is 0 Å². The Kier molecular flexibility index (Phi) is 6.03. The van der Waals surface area contributed by atoms with Crippen LogP contribution in [0.5, 0.6) is 0 Å². The van der Waals surface area contributed by atoms with Crippen LogP contribution >= 0.6 is 22.7 Å². The molecule has 234 valence electrons. The van der Waals surface area contributed by atoms with Gasteiger partial charge in [-0.3, -0.25) is 0 Å². The molecular weight excluding hydrogens is 647 g/mol. The number of hydrogen-bond acceptors (Lipinski definition) is 4. The molecule has 0 N–H and O–H groups in total. The number of benzene rings is 8. The van der Waals surface area contributed by atoms with Crippen LogP contribution in [-0.2, 0) is 0 Å². The van der Waals surface area contributed by atoms with Crippen molar-refractivity contribution >= 4 is 113 Å². The maximum atomic E-state index is 6.40. The number of hydrogen-bond donors (Lipinski definition) is 0. The van der Waals surface area contributed by atoms with Crippen molar-refractivity contribution in [2.45, 2.75) is 0 Å². The van der Waals surface area contributed by atoms with Crippen LogP contribution in [0.1, 0.15) is 0 Å². The third-order valence-corrected chi connectivity index (χ3v) is 12.3. The zero-order valence-corrected chi connectivity index (χ0v) is 28.4. The molecule has 0 aliphatic heterocycles. The largest absolute Gasteiger partial charge is 0.455 e. The fourth-order valence-electron chi connectivity index (χ4n) is 7.64. The average Bonchev–Trinajstić information content (AvgIpc) is 3.86. The molecule has 11 rings (SSSR count). The Bertz CT molecular complexity index is 2990. The van der Waals surface area contributed by atoms with Crippen LogP contribution in [-0.4, -0.2) is 0 Å². The predicted octanol–water partition coefficient (Wildman–Crippen LogP) is 14.6. The average molecular weight is 674 g/mol. The lowest BCUT2D eigenvalue weighted by Crippen LogP contribution is -2.09. The van der Waals surface area contributed by atoms with Crippen molar-refractivity contribution in [1.82, 2.24) is 0 Å². The van der Waals surface area contributed by atoms with E-state index in [2.05, 4.69) is 169 Å². The third kappa shape index (κ3) is 4.26. The van der Waals surface area contributed by atoms with E-state index in [0.717, 1.165) is 44.4 Å². The van der Waals surface area contributed by atoms with Crippen molar-refractivity contribution in [3.8, 4) is 11.1 Å². The molecule has 0 spiro atoms. The van der Waals surface area contributed by atoms with Crippen molar-refractivity contribution in [2.75, 3.05) is 4.90 Å². The number of fused-ring (bicyclic) bond motifs is 11. The summed E-state index contributed by atoms with van der Waals surface area (Å²) in [5.41, 5.74) is 7.63. The minimum atomic E-state index is 0.913. The van der Waals surface area contributed by atoms with Crippen molar-refractivity contribution < 1.29 is 4.42 Å². The summed E-state index contributed by atoms with van der Waals surface area (Å²) in [5.74, 6) is 0. The van der Waals surface area contributed by atoms with Crippen molar-refractivity contribution in [3.05, 3.63) is 164 Å². The number of nitrogens with zero attached hydrogens (tertiary/aromatic N) is 1. The summed E-state index contributed by atoms with van der Waals surface area (Å²) < 4.78 is 11.6. The van der Waals surface area contributed by atoms with E-state index in [0.29, 0.717) is 0 Å². The van der Waals surface area contributed by atoms with Gasteiger partial charge in [-0.15, -0.1) is 22.7 Å². The molecule has 0 aliphatic carbocycles. The second-order valence-electron chi connectivity index (χ2n) is 12.9. The zero-order chi connectivity index (χ0) is 32.8. The maximum absolute atomic E-state index is 6.40. The molecule has 0 atom stereocenters. The van der Waals surface area contributed by atoms with Crippen LogP contribution in [0.15, 0.2) is 168 Å². The van der Waals surface area contributed by atoms with Gasteiger partial charge in [-0.1, -0.05) is 97.1 Å². The van der Waals surface area contributed by atoms with Crippen molar-refractivity contribution in [3.63, 3.8) is 0 Å². The Balaban J connectivity index is 1.04. The molecule has 0 fully saturated rings. The molecule has 0 bridgehead atoms. The Morgan fingerprint density at radius 3 is 1.58 bits per heavy atom. The van der Waals surface area contributed by atoms with Gasteiger partial charge in [-0.25, -0.2) is 0 Å². The molecular formula is C46H27NOS2. The molecule has 0 unspecified atom stereocenters. The van der Waals surface area contributed by atoms with Gasteiger partial charge in [-0.05, 0) is 83.2 Å². The number of rotatable bonds is 4. The lowest BCUT2D eigenvalue weighted by Gasteiger charge is -2.26. The molecule has 0 radical (unpaired) electrons. The van der Waals surface area contributed by atoms with Gasteiger partial charge < -0.3 is 9.32 Å². The fourth-order valence-corrected chi connectivity index (χ4v) is 9.92. The highest BCUT2D eigenvalue weighted by molar-refractivity contribution is 7.26. The van der Waals surface area contributed by atoms with Gasteiger partial charge in [0.15, 0.2) is 0 Å². The third-order valence-electron chi connectivity index (χ3n) is 10.1. The molecule has 11 aromatic rings. The van der Waals surface area contributed by atoms with Gasteiger partial charge in [0.05, 0.1) is 0 Å². The van der Waals surface area contributed by atoms with Crippen molar-refractivity contribution in [2.24, 2.45) is 0 Å². The van der Waals surface area contributed by atoms with Gasteiger partial charge in [0, 0.05) is 73.6 Å². The number of anilines is 3. The molecule has 0 saturated heterocycles. The summed E-state index contributed by atoms with van der Waals surface area (Å²) in [6, 6.07) is 59.6. The van der Waals surface area contributed by atoms with Crippen LogP contribution < -0.4 is 4.90 Å². The topological polar surface area (TPSA) is 16.4 Å². The normalized spacial score (nSPS) is 12.0. The van der Waals surface area contributed by atoms with E-state index >= 15 is 0 Å². The summed E-state index contributed by atoms with van der Waals surface area (Å²) in [6.45, 7) is 0. The monoisotopic (exact) mass is 673 g/mol. The van der Waals surface area contributed by atoms with Crippen LogP contribution in [0.25, 0.3) is 84.2 Å². The molecule has 4 heteroatoms. The van der Waals surface area contributed by atoms with Gasteiger partial charge in [0.25, 0.3) is 0 Å². The quantitative estimate of drug-likeness (QED) is 0.185. The van der Waals surface area contributed by atoms with Crippen LogP contribution in [0.3, 0.4) is 0 Å². The lowest BCUT2D eigenvalue weighted by molar-refractivity contribution is 0.672. The van der Waals surface area contributed by atoms with E-state index in [9.17, 15) is 0 Å². The molecule has 50 heavy (non-hydrogen) atoms. The lowest BCUT2D eigenvalue weighted by atomic mass is 10.0. The number of furan rings is 1. The standard InChI is InChI=1S/C46H27NOS2/c1-2-8-34-29(7-1)15-21-39-40-25-30(16-24-41(40)48-46(34)39)28-13-17-31(18-14-28)47(32-19-22-37-35-9-3-5-11-42(35)49-44(37)26-32)33-20-23-38-36-10-4-6-12-43(36)50-45(38)27-33/h1-27H. The Morgan fingerprint density at radius 2 is 0.900 bits per heavy atom. The van der Waals surface area contributed by atoms with E-state index in [-0.39, 0.29) is 0 Å². The summed E-state index contributed by atoms with van der Waals surface area (Å²) in [5, 5.41) is 9.88. The van der Waals surface area contributed by atoms with Crippen LogP contribution in [0, 0.1) is 0 Å². The first kappa shape index (κ1) is 28.0. The Labute approximate surface area is 295 Å². The summed E-state index contributed by atoms with van der Waals surface area (Å²) in [6.07, 6.45) is 0. The molecule has 0 amide bonds. The first-order valence-corrected chi connectivity index (χ1v) is 18.5. The predicted molar refractivity (Wildman–Crippen MR) is 217 cm³/mol. The molecule has 2 nitrogen and oxygen atoms in total. The molecule has 3 aromatic heterocycles. The van der Waals surface area contributed by atoms with Gasteiger partial charge >= 0.3 is 0 Å². The van der Waals surface area contributed by atoms with Crippen LogP contribution in [0.2, 0.25) is 0 Å². The van der Waals surface area contributed by atoms with E-state index in [1.807, 2.05) is 22.7 Å². The minimum absolute atomic E-state index is 0.913. The summed E-state index contributed by atoms with van der Waals surface area (Å²) in [7, 11) is 0. The summed E-state index contributed by atoms with van der Waals surface area (Å²) in [4.78, 5) is 2.40. The maximum Gasteiger partial charge on any atom is 0.143 e. The smallest absolute Gasteiger partial charge is 0.143 e. The Hall–Kier alpha value is -5.94. The second-order valence-corrected chi connectivity index (χ2v) is 15.1.